The second-order valence-electron chi connectivity index (χ2n) is 5.31. The lowest BCUT2D eigenvalue weighted by molar-refractivity contribution is -0.183. The normalized spacial score (nSPS) is 23.4. The molecule has 0 radical (unpaired) electrons. The quantitative estimate of drug-likeness (QED) is 0.817. The average Bonchev–Trinajstić information content (AvgIpc) is 2.92. The van der Waals surface area contributed by atoms with Gasteiger partial charge in [0, 0.05) is 26.1 Å². The van der Waals surface area contributed by atoms with Crippen molar-refractivity contribution in [3.63, 3.8) is 0 Å². The van der Waals surface area contributed by atoms with Gasteiger partial charge in [0.25, 0.3) is 0 Å². The molecule has 120 valence electrons. The van der Waals surface area contributed by atoms with E-state index in [0.29, 0.717) is 26.1 Å². The van der Waals surface area contributed by atoms with Crippen LogP contribution in [0.3, 0.4) is 0 Å². The van der Waals surface area contributed by atoms with Crippen molar-refractivity contribution in [1.29, 1.82) is 0 Å². The van der Waals surface area contributed by atoms with Gasteiger partial charge in [-0.1, -0.05) is 17.8 Å². The molecule has 1 aliphatic carbocycles. The van der Waals surface area contributed by atoms with Crippen molar-refractivity contribution < 1.29 is 17.9 Å². The van der Waals surface area contributed by atoms with Crippen LogP contribution < -0.4 is 5.32 Å². The summed E-state index contributed by atoms with van der Waals surface area (Å²) in [5.74, 6) is -1.29. The Morgan fingerprint density at radius 3 is 2.86 bits per heavy atom. The summed E-state index contributed by atoms with van der Waals surface area (Å²) in [6.07, 6.45) is -2.32. The number of alkyl halides is 3. The van der Waals surface area contributed by atoms with Gasteiger partial charge in [-0.15, -0.1) is 10.2 Å². The van der Waals surface area contributed by atoms with Crippen LogP contribution in [-0.2, 0) is 11.3 Å². The number of aromatic nitrogens is 2. The first kappa shape index (κ1) is 16.6. The van der Waals surface area contributed by atoms with Crippen LogP contribution in [0, 0.1) is 5.92 Å². The fourth-order valence-corrected chi connectivity index (χ4v) is 3.54. The maximum atomic E-state index is 12.8. The Labute approximate surface area is 126 Å². The highest BCUT2D eigenvalue weighted by atomic mass is 32.1. The van der Waals surface area contributed by atoms with E-state index in [0.717, 1.165) is 16.4 Å². The van der Waals surface area contributed by atoms with Gasteiger partial charge >= 0.3 is 6.18 Å². The lowest BCUT2D eigenvalue weighted by atomic mass is 9.81. The number of ether oxygens (including phenoxy) is 1. The number of rotatable bonds is 6. The second-order valence-corrected chi connectivity index (χ2v) is 6.40. The minimum atomic E-state index is -4.09. The molecule has 4 nitrogen and oxygen atoms in total. The Balaban J connectivity index is 1.88. The molecule has 1 N–H and O–H groups in total. The molecule has 0 aromatic carbocycles. The molecule has 1 saturated carbocycles. The summed E-state index contributed by atoms with van der Waals surface area (Å²) in [5.41, 5.74) is 0. The Kier molecular flexibility index (Phi) is 5.95. The Bertz CT molecular complexity index is 439. The minimum Gasteiger partial charge on any atom is -0.383 e. The summed E-state index contributed by atoms with van der Waals surface area (Å²) in [6.45, 7) is 1.91. The van der Waals surface area contributed by atoms with Crippen molar-refractivity contribution in [2.45, 2.75) is 44.3 Å². The molecule has 8 heteroatoms. The van der Waals surface area contributed by atoms with Gasteiger partial charge < -0.3 is 10.1 Å². The van der Waals surface area contributed by atoms with Gasteiger partial charge in [0.2, 0.25) is 0 Å². The highest BCUT2D eigenvalue weighted by molar-refractivity contribution is 7.11. The van der Waals surface area contributed by atoms with E-state index in [1.165, 1.54) is 11.3 Å². The van der Waals surface area contributed by atoms with Gasteiger partial charge in [-0.3, -0.25) is 0 Å². The third-order valence-corrected chi connectivity index (χ3v) is 4.81. The van der Waals surface area contributed by atoms with E-state index in [1.807, 2.05) is 0 Å². The smallest absolute Gasteiger partial charge is 0.383 e. The fourth-order valence-electron chi connectivity index (χ4n) is 2.58. The summed E-state index contributed by atoms with van der Waals surface area (Å²) >= 11 is 1.42. The average molecular weight is 323 g/mol. The zero-order chi connectivity index (χ0) is 15.3. The highest BCUT2D eigenvalue weighted by Gasteiger charge is 2.43. The van der Waals surface area contributed by atoms with Crippen molar-refractivity contribution >= 4 is 11.3 Å². The van der Waals surface area contributed by atoms with Crippen LogP contribution in [0.4, 0.5) is 13.2 Å². The number of methoxy groups -OCH3 is 1. The maximum absolute atomic E-state index is 12.8. The molecule has 1 heterocycles. The van der Waals surface area contributed by atoms with Crippen LogP contribution in [0.2, 0.25) is 0 Å². The third-order valence-electron chi connectivity index (χ3n) is 3.73. The fraction of sp³-hybridized carbons (Fsp3) is 0.846. The zero-order valence-corrected chi connectivity index (χ0v) is 12.8. The largest absolute Gasteiger partial charge is 0.391 e. The lowest BCUT2D eigenvalue weighted by Gasteiger charge is -2.29. The molecule has 0 saturated heterocycles. The van der Waals surface area contributed by atoms with Crippen LogP contribution in [0.1, 0.15) is 41.6 Å². The third kappa shape index (κ3) is 4.89. The Morgan fingerprint density at radius 1 is 1.33 bits per heavy atom. The lowest BCUT2D eigenvalue weighted by Crippen LogP contribution is -2.28. The standard InChI is InChI=1S/C13H20F3N3OS/c1-20-6-5-17-8-11-18-19-12(21-11)9-3-2-4-10(7-9)13(14,15)16/h9-10,17H,2-8H2,1H3. The van der Waals surface area contributed by atoms with Crippen molar-refractivity contribution in [1.82, 2.24) is 15.5 Å². The van der Waals surface area contributed by atoms with Gasteiger partial charge in [-0.2, -0.15) is 13.2 Å². The van der Waals surface area contributed by atoms with Gasteiger partial charge in [0.1, 0.15) is 10.0 Å². The number of hydrogen-bond donors (Lipinski definition) is 1. The van der Waals surface area contributed by atoms with E-state index in [-0.39, 0.29) is 18.8 Å². The highest BCUT2D eigenvalue weighted by Crippen LogP contribution is 2.44. The van der Waals surface area contributed by atoms with E-state index in [9.17, 15) is 13.2 Å². The van der Waals surface area contributed by atoms with Gasteiger partial charge in [0.05, 0.1) is 12.5 Å². The first-order valence-electron chi connectivity index (χ1n) is 7.09. The number of halogens is 3. The zero-order valence-electron chi connectivity index (χ0n) is 11.9. The molecule has 2 atom stereocenters. The number of hydrogen-bond acceptors (Lipinski definition) is 5. The summed E-state index contributed by atoms with van der Waals surface area (Å²) in [4.78, 5) is 0. The summed E-state index contributed by atoms with van der Waals surface area (Å²) < 4.78 is 43.4. The Morgan fingerprint density at radius 2 is 2.14 bits per heavy atom. The van der Waals surface area contributed by atoms with Crippen molar-refractivity contribution in [2.24, 2.45) is 5.92 Å². The first-order valence-corrected chi connectivity index (χ1v) is 7.91. The molecule has 21 heavy (non-hydrogen) atoms. The van der Waals surface area contributed by atoms with Crippen LogP contribution >= 0.6 is 11.3 Å². The first-order chi connectivity index (χ1) is 10.0. The molecular weight excluding hydrogens is 303 g/mol. The molecule has 1 aromatic rings. The molecule has 2 unspecified atom stereocenters. The van der Waals surface area contributed by atoms with Crippen LogP contribution in [0.5, 0.6) is 0 Å². The van der Waals surface area contributed by atoms with Gasteiger partial charge in [0.15, 0.2) is 0 Å². The topological polar surface area (TPSA) is 47.0 Å². The van der Waals surface area contributed by atoms with E-state index < -0.39 is 12.1 Å². The predicted molar refractivity (Wildman–Crippen MR) is 74.2 cm³/mol. The van der Waals surface area contributed by atoms with E-state index in [2.05, 4.69) is 15.5 Å². The van der Waals surface area contributed by atoms with Gasteiger partial charge in [-0.25, -0.2) is 0 Å². The van der Waals surface area contributed by atoms with Crippen LogP contribution in [0.15, 0.2) is 0 Å². The van der Waals surface area contributed by atoms with Crippen LogP contribution in [-0.4, -0.2) is 36.6 Å². The summed E-state index contributed by atoms with van der Waals surface area (Å²) in [6, 6.07) is 0. The molecule has 2 rings (SSSR count). The Hall–Kier alpha value is -0.730. The number of nitrogens with one attached hydrogen (secondary N) is 1. The van der Waals surface area contributed by atoms with Crippen LogP contribution in [0.25, 0.3) is 0 Å². The molecule has 1 aromatic heterocycles. The molecule has 1 fully saturated rings. The summed E-state index contributed by atoms with van der Waals surface area (Å²) in [5, 5.41) is 12.9. The molecule has 0 bridgehead atoms. The number of nitrogens with zero attached hydrogens (tertiary/aromatic N) is 2. The molecule has 1 aliphatic rings. The minimum absolute atomic E-state index is 0.101. The summed E-state index contributed by atoms with van der Waals surface area (Å²) in [7, 11) is 1.63. The maximum Gasteiger partial charge on any atom is 0.391 e. The van der Waals surface area contributed by atoms with E-state index in [1.54, 1.807) is 7.11 Å². The predicted octanol–water partition coefficient (Wildman–Crippen LogP) is 3.11. The SMILES string of the molecule is COCCNCc1nnc(C2CCCC(C(F)(F)F)C2)s1. The van der Waals surface area contributed by atoms with Crippen molar-refractivity contribution in [3.05, 3.63) is 10.0 Å². The molecule has 0 amide bonds. The van der Waals surface area contributed by atoms with Gasteiger partial charge in [-0.05, 0) is 19.3 Å². The monoisotopic (exact) mass is 323 g/mol. The van der Waals surface area contributed by atoms with Crippen molar-refractivity contribution in [2.75, 3.05) is 20.3 Å². The molecule has 0 spiro atoms. The second kappa shape index (κ2) is 7.51. The van der Waals surface area contributed by atoms with Crippen molar-refractivity contribution in [3.8, 4) is 0 Å². The van der Waals surface area contributed by atoms with E-state index in [4.69, 9.17) is 4.74 Å². The molecule has 0 aliphatic heterocycles. The van der Waals surface area contributed by atoms with E-state index >= 15 is 0 Å². The molecular formula is C13H20F3N3OS.